The number of nitrogens with zero attached hydrogens (tertiary/aromatic N) is 1. The van der Waals surface area contributed by atoms with E-state index >= 15 is 0 Å². The maximum Gasteiger partial charge on any atom is 0.0870 e. The molecule has 0 aliphatic rings. The highest BCUT2D eigenvalue weighted by Crippen LogP contribution is 1.99. The molecule has 96 valence electrons. The molecular formula is C12H26N2OS. The smallest absolute Gasteiger partial charge is 0.0870 e. The molecule has 0 amide bonds. The second-order valence-electron chi connectivity index (χ2n) is 4.54. The Kier molecular flexibility index (Phi) is 9.88. The van der Waals surface area contributed by atoms with Gasteiger partial charge in [0.15, 0.2) is 0 Å². The van der Waals surface area contributed by atoms with Crippen LogP contribution in [-0.2, 0) is 4.74 Å². The molecule has 0 saturated heterocycles. The van der Waals surface area contributed by atoms with Gasteiger partial charge in [-0.25, -0.2) is 0 Å². The van der Waals surface area contributed by atoms with Gasteiger partial charge in [-0.2, -0.15) is 0 Å². The van der Waals surface area contributed by atoms with E-state index in [2.05, 4.69) is 25.7 Å². The first-order valence-corrected chi connectivity index (χ1v) is 6.55. The van der Waals surface area contributed by atoms with E-state index in [4.69, 9.17) is 22.7 Å². The summed E-state index contributed by atoms with van der Waals surface area (Å²) < 4.78 is 5.58. The molecule has 0 aromatic rings. The van der Waals surface area contributed by atoms with Gasteiger partial charge in [0.05, 0.1) is 11.6 Å². The molecule has 0 radical (unpaired) electrons. The summed E-state index contributed by atoms with van der Waals surface area (Å²) in [5.74, 6) is 0.711. The van der Waals surface area contributed by atoms with Crippen LogP contribution in [0.4, 0.5) is 0 Å². The number of hydrogen-bond donors (Lipinski definition) is 1. The molecule has 0 saturated carbocycles. The summed E-state index contributed by atoms with van der Waals surface area (Å²) in [7, 11) is 0. The van der Waals surface area contributed by atoms with E-state index in [9.17, 15) is 0 Å². The maximum atomic E-state index is 5.58. The lowest BCUT2D eigenvalue weighted by molar-refractivity contribution is 0.100. The fourth-order valence-electron chi connectivity index (χ4n) is 1.42. The Balaban J connectivity index is 3.55. The van der Waals surface area contributed by atoms with Gasteiger partial charge in [-0.15, -0.1) is 0 Å². The van der Waals surface area contributed by atoms with Gasteiger partial charge in [-0.05, 0) is 25.3 Å². The van der Waals surface area contributed by atoms with Crippen LogP contribution in [0.2, 0.25) is 0 Å². The van der Waals surface area contributed by atoms with E-state index in [1.54, 1.807) is 0 Å². The van der Waals surface area contributed by atoms with Crippen molar-refractivity contribution in [2.75, 3.05) is 32.8 Å². The first kappa shape index (κ1) is 15.8. The predicted octanol–water partition coefficient (Wildman–Crippen LogP) is 2.05. The SMILES string of the molecule is CCCN(CCOCCC(C)C)CC(N)=S. The summed E-state index contributed by atoms with van der Waals surface area (Å²) in [5.41, 5.74) is 5.54. The van der Waals surface area contributed by atoms with Crippen LogP contribution < -0.4 is 5.73 Å². The van der Waals surface area contributed by atoms with E-state index in [0.717, 1.165) is 39.1 Å². The second-order valence-corrected chi connectivity index (χ2v) is 5.06. The van der Waals surface area contributed by atoms with Crippen molar-refractivity contribution in [3.05, 3.63) is 0 Å². The number of thiocarbonyl (C=S) groups is 1. The highest BCUT2D eigenvalue weighted by Gasteiger charge is 2.04. The van der Waals surface area contributed by atoms with Crippen molar-refractivity contribution in [2.45, 2.75) is 33.6 Å². The lowest BCUT2D eigenvalue weighted by atomic mass is 10.1. The predicted molar refractivity (Wildman–Crippen MR) is 73.8 cm³/mol. The van der Waals surface area contributed by atoms with Crippen LogP contribution in [0.5, 0.6) is 0 Å². The molecule has 3 nitrogen and oxygen atoms in total. The summed E-state index contributed by atoms with van der Waals surface area (Å²) in [6, 6.07) is 0. The van der Waals surface area contributed by atoms with Crippen molar-refractivity contribution in [3.63, 3.8) is 0 Å². The third kappa shape index (κ3) is 10.3. The molecule has 0 rings (SSSR count). The minimum atomic E-state index is 0.565. The van der Waals surface area contributed by atoms with Gasteiger partial charge in [0.25, 0.3) is 0 Å². The zero-order valence-electron chi connectivity index (χ0n) is 10.9. The minimum Gasteiger partial charge on any atom is -0.392 e. The normalized spacial score (nSPS) is 11.3. The van der Waals surface area contributed by atoms with E-state index in [1.807, 2.05) is 0 Å². The Hall–Kier alpha value is -0.190. The van der Waals surface area contributed by atoms with Crippen molar-refractivity contribution >= 4 is 17.2 Å². The molecule has 4 heteroatoms. The molecule has 0 aliphatic carbocycles. The summed E-state index contributed by atoms with van der Waals surface area (Å²) >= 11 is 4.92. The Morgan fingerprint density at radius 1 is 1.31 bits per heavy atom. The van der Waals surface area contributed by atoms with Gasteiger partial charge < -0.3 is 10.5 Å². The van der Waals surface area contributed by atoms with Gasteiger partial charge in [0.1, 0.15) is 0 Å². The summed E-state index contributed by atoms with van der Waals surface area (Å²) in [6.07, 6.45) is 2.25. The van der Waals surface area contributed by atoms with Gasteiger partial charge in [-0.3, -0.25) is 4.90 Å². The zero-order chi connectivity index (χ0) is 12.4. The van der Waals surface area contributed by atoms with Crippen molar-refractivity contribution in [1.82, 2.24) is 4.90 Å². The molecule has 0 aliphatic heterocycles. The quantitative estimate of drug-likeness (QED) is 0.473. The monoisotopic (exact) mass is 246 g/mol. The second kappa shape index (κ2) is 10.00. The summed E-state index contributed by atoms with van der Waals surface area (Å²) in [6.45, 7) is 10.9. The largest absolute Gasteiger partial charge is 0.392 e. The molecule has 16 heavy (non-hydrogen) atoms. The van der Waals surface area contributed by atoms with Gasteiger partial charge in [0.2, 0.25) is 0 Å². The lowest BCUT2D eigenvalue weighted by Crippen LogP contribution is -2.35. The molecule has 0 aromatic carbocycles. The molecule has 0 spiro atoms. The van der Waals surface area contributed by atoms with Crippen molar-refractivity contribution in [3.8, 4) is 0 Å². The van der Waals surface area contributed by atoms with E-state index in [0.29, 0.717) is 17.5 Å². The lowest BCUT2D eigenvalue weighted by Gasteiger charge is -2.20. The molecule has 0 atom stereocenters. The Morgan fingerprint density at radius 2 is 2.00 bits per heavy atom. The van der Waals surface area contributed by atoms with Crippen LogP contribution in [-0.4, -0.2) is 42.7 Å². The van der Waals surface area contributed by atoms with Crippen molar-refractivity contribution < 1.29 is 4.74 Å². The number of hydrogen-bond acceptors (Lipinski definition) is 3. The topological polar surface area (TPSA) is 38.5 Å². The van der Waals surface area contributed by atoms with Crippen molar-refractivity contribution in [2.24, 2.45) is 11.7 Å². The molecule has 0 aromatic heterocycles. The molecule has 0 unspecified atom stereocenters. The van der Waals surface area contributed by atoms with E-state index in [1.165, 1.54) is 0 Å². The molecule has 0 bridgehead atoms. The molecule has 0 fully saturated rings. The summed E-state index contributed by atoms with van der Waals surface area (Å²) in [5, 5.41) is 0. The average molecular weight is 246 g/mol. The third-order valence-electron chi connectivity index (χ3n) is 2.31. The molecule has 0 heterocycles. The molecular weight excluding hydrogens is 220 g/mol. The third-order valence-corrected chi connectivity index (χ3v) is 2.44. The van der Waals surface area contributed by atoms with E-state index in [-0.39, 0.29) is 0 Å². The zero-order valence-corrected chi connectivity index (χ0v) is 11.7. The fraction of sp³-hybridized carbons (Fsp3) is 0.917. The van der Waals surface area contributed by atoms with Crippen molar-refractivity contribution in [1.29, 1.82) is 0 Å². The highest BCUT2D eigenvalue weighted by molar-refractivity contribution is 7.80. The van der Waals surface area contributed by atoms with Crippen LogP contribution in [0.15, 0.2) is 0 Å². The molecule has 2 N–H and O–H groups in total. The minimum absolute atomic E-state index is 0.565. The van der Waals surface area contributed by atoms with Crippen LogP contribution in [0.3, 0.4) is 0 Å². The number of nitrogens with two attached hydrogens (primary N) is 1. The first-order valence-electron chi connectivity index (χ1n) is 6.14. The van der Waals surface area contributed by atoms with Crippen LogP contribution in [0, 0.1) is 5.92 Å². The highest BCUT2D eigenvalue weighted by atomic mass is 32.1. The first-order chi connectivity index (χ1) is 7.56. The Labute approximate surface area is 105 Å². The van der Waals surface area contributed by atoms with Crippen LogP contribution in [0.25, 0.3) is 0 Å². The van der Waals surface area contributed by atoms with Crippen LogP contribution in [0.1, 0.15) is 33.6 Å². The van der Waals surface area contributed by atoms with E-state index < -0.39 is 0 Å². The van der Waals surface area contributed by atoms with Gasteiger partial charge in [0, 0.05) is 19.7 Å². The fourth-order valence-corrected chi connectivity index (χ4v) is 1.60. The van der Waals surface area contributed by atoms with Gasteiger partial charge >= 0.3 is 0 Å². The number of rotatable bonds is 10. The van der Waals surface area contributed by atoms with Crippen LogP contribution >= 0.6 is 12.2 Å². The maximum absolute atomic E-state index is 5.58. The Morgan fingerprint density at radius 3 is 2.50 bits per heavy atom. The standard InChI is InChI=1S/C12H26N2OS/c1-4-6-14(10-12(13)16)7-9-15-8-5-11(2)3/h11H,4-10H2,1-3H3,(H2,13,16). The average Bonchev–Trinajstić information content (AvgIpc) is 2.16. The number of ether oxygens (including phenoxy) is 1. The summed E-state index contributed by atoms with van der Waals surface area (Å²) in [4.78, 5) is 2.81. The van der Waals surface area contributed by atoms with Gasteiger partial charge in [-0.1, -0.05) is 33.0 Å². The Bertz CT molecular complexity index is 186.